The predicted molar refractivity (Wildman–Crippen MR) is 103 cm³/mol. The number of nitrogens with zero attached hydrogens (tertiary/aromatic N) is 2. The van der Waals surface area contributed by atoms with Crippen LogP contribution in [-0.4, -0.2) is 24.2 Å². The van der Waals surface area contributed by atoms with Crippen molar-refractivity contribution in [2.24, 2.45) is 28.2 Å². The third-order valence-electron chi connectivity index (χ3n) is 6.85. The van der Waals surface area contributed by atoms with Crippen LogP contribution in [0.15, 0.2) is 23.2 Å². The molecule has 1 aromatic carbocycles. The first kappa shape index (κ1) is 17.6. The van der Waals surface area contributed by atoms with Gasteiger partial charge >= 0.3 is 0 Å². The van der Waals surface area contributed by atoms with Gasteiger partial charge in [0.25, 0.3) is 5.91 Å². The summed E-state index contributed by atoms with van der Waals surface area (Å²) in [5.41, 5.74) is 0.672. The maximum absolute atomic E-state index is 13.7. The summed E-state index contributed by atoms with van der Waals surface area (Å²) in [6.07, 6.45) is 6.96. The normalized spacial score (nSPS) is 32.5. The largest absolute Gasteiger partial charge is 0.383 e. The van der Waals surface area contributed by atoms with E-state index in [2.05, 4.69) is 4.99 Å². The molecule has 0 N–H and O–H groups in total. The van der Waals surface area contributed by atoms with Crippen molar-refractivity contribution in [1.29, 1.82) is 0 Å². The van der Waals surface area contributed by atoms with Crippen molar-refractivity contribution in [3.63, 3.8) is 0 Å². The van der Waals surface area contributed by atoms with Gasteiger partial charge in [-0.25, -0.2) is 4.39 Å². The van der Waals surface area contributed by atoms with Gasteiger partial charge in [-0.05, 0) is 74.5 Å². The van der Waals surface area contributed by atoms with Gasteiger partial charge in [-0.15, -0.1) is 0 Å². The van der Waals surface area contributed by atoms with Crippen LogP contribution in [0.4, 0.5) is 4.39 Å². The van der Waals surface area contributed by atoms with E-state index in [1.165, 1.54) is 42.7 Å². The van der Waals surface area contributed by atoms with Crippen LogP contribution in [0, 0.1) is 29.0 Å². The molecule has 1 heterocycles. The van der Waals surface area contributed by atoms with E-state index >= 15 is 0 Å². The smallest absolute Gasteiger partial charge is 0.254 e. The standard InChI is InChI=1S/C21H25FN2O2S/c1-26-5-4-24-17-3-2-16(22)9-18(17)27-20(24)23-19(25)21-10-13-6-14(11-21)8-15(7-13)12-21/h2-3,9,13-15H,4-8,10-12H2,1H3. The molecular weight excluding hydrogens is 363 g/mol. The van der Waals surface area contributed by atoms with Gasteiger partial charge in [-0.2, -0.15) is 4.99 Å². The molecule has 0 aliphatic heterocycles. The molecule has 0 unspecified atom stereocenters. The van der Waals surface area contributed by atoms with Crippen molar-refractivity contribution in [3.05, 3.63) is 28.8 Å². The fourth-order valence-corrected chi connectivity index (χ4v) is 7.19. The quantitative estimate of drug-likeness (QED) is 0.790. The molecule has 1 aromatic heterocycles. The van der Waals surface area contributed by atoms with Gasteiger partial charge in [-0.1, -0.05) is 11.3 Å². The Kier molecular flexibility index (Phi) is 4.24. The van der Waals surface area contributed by atoms with Crippen LogP contribution in [0.3, 0.4) is 0 Å². The van der Waals surface area contributed by atoms with Gasteiger partial charge in [0, 0.05) is 13.7 Å². The van der Waals surface area contributed by atoms with Crippen molar-refractivity contribution in [2.45, 2.75) is 45.1 Å². The summed E-state index contributed by atoms with van der Waals surface area (Å²) >= 11 is 1.40. The van der Waals surface area contributed by atoms with Crippen molar-refractivity contribution in [1.82, 2.24) is 4.57 Å². The molecule has 4 bridgehead atoms. The van der Waals surface area contributed by atoms with Gasteiger partial charge in [0.15, 0.2) is 4.80 Å². The Labute approximate surface area is 162 Å². The molecular formula is C21H25FN2O2S. The maximum atomic E-state index is 13.7. The van der Waals surface area contributed by atoms with E-state index in [-0.39, 0.29) is 17.1 Å². The van der Waals surface area contributed by atoms with E-state index in [0.29, 0.717) is 35.7 Å². The van der Waals surface area contributed by atoms with Crippen LogP contribution >= 0.6 is 11.3 Å². The fourth-order valence-electron chi connectivity index (χ4n) is 6.11. The lowest BCUT2D eigenvalue weighted by Gasteiger charge is -2.55. The SMILES string of the molecule is COCCn1c(=NC(=O)C23CC4CC(CC(C4)C2)C3)sc2cc(F)ccc21. The number of hydrogen-bond acceptors (Lipinski definition) is 3. The van der Waals surface area contributed by atoms with Crippen molar-refractivity contribution < 1.29 is 13.9 Å². The van der Waals surface area contributed by atoms with Gasteiger partial charge in [0.1, 0.15) is 5.82 Å². The van der Waals surface area contributed by atoms with Crippen molar-refractivity contribution in [3.8, 4) is 0 Å². The Morgan fingerprint density at radius 3 is 2.56 bits per heavy atom. The summed E-state index contributed by atoms with van der Waals surface area (Å²) in [4.78, 5) is 18.7. The third kappa shape index (κ3) is 2.97. The molecule has 6 heteroatoms. The van der Waals surface area contributed by atoms with Gasteiger partial charge in [0.05, 0.1) is 22.2 Å². The number of rotatable bonds is 4. The van der Waals surface area contributed by atoms with E-state index in [0.717, 1.165) is 29.5 Å². The number of aromatic nitrogens is 1. The summed E-state index contributed by atoms with van der Waals surface area (Å²) < 4.78 is 21.7. The van der Waals surface area contributed by atoms with E-state index in [1.807, 2.05) is 4.57 Å². The lowest BCUT2D eigenvalue weighted by molar-refractivity contribution is -0.142. The molecule has 144 valence electrons. The predicted octanol–water partition coefficient (Wildman–Crippen LogP) is 4.13. The highest BCUT2D eigenvalue weighted by atomic mass is 32.1. The second kappa shape index (κ2) is 6.52. The number of carbonyl (C=O) groups is 1. The summed E-state index contributed by atoms with van der Waals surface area (Å²) in [7, 11) is 1.66. The van der Waals surface area contributed by atoms with Crippen LogP contribution < -0.4 is 4.80 Å². The number of halogens is 1. The third-order valence-corrected chi connectivity index (χ3v) is 7.89. The number of carbonyl (C=O) groups excluding carboxylic acids is 1. The Morgan fingerprint density at radius 1 is 1.26 bits per heavy atom. The minimum absolute atomic E-state index is 0.0554. The Hall–Kier alpha value is -1.53. The van der Waals surface area contributed by atoms with E-state index in [1.54, 1.807) is 13.2 Å². The summed E-state index contributed by atoms with van der Waals surface area (Å²) in [5, 5.41) is 0. The number of ether oxygens (including phenoxy) is 1. The molecule has 4 nitrogen and oxygen atoms in total. The highest BCUT2D eigenvalue weighted by Gasteiger charge is 2.54. The lowest BCUT2D eigenvalue weighted by atomic mass is 9.49. The van der Waals surface area contributed by atoms with Gasteiger partial charge in [-0.3, -0.25) is 4.79 Å². The zero-order chi connectivity index (χ0) is 18.6. The first-order valence-electron chi connectivity index (χ1n) is 9.93. The van der Waals surface area contributed by atoms with Crippen LogP contribution in [0.25, 0.3) is 10.2 Å². The Morgan fingerprint density at radius 2 is 1.93 bits per heavy atom. The number of hydrogen-bond donors (Lipinski definition) is 0. The average molecular weight is 389 g/mol. The molecule has 4 aliphatic rings. The molecule has 27 heavy (non-hydrogen) atoms. The van der Waals surface area contributed by atoms with Crippen LogP contribution in [-0.2, 0) is 16.1 Å². The lowest BCUT2D eigenvalue weighted by Crippen LogP contribution is -2.50. The molecule has 0 radical (unpaired) electrons. The van der Waals surface area contributed by atoms with E-state index in [4.69, 9.17) is 4.74 Å². The zero-order valence-corrected chi connectivity index (χ0v) is 16.4. The molecule has 0 saturated heterocycles. The Balaban J connectivity index is 1.56. The summed E-state index contributed by atoms with van der Waals surface area (Å²) in [5.74, 6) is 1.94. The van der Waals surface area contributed by atoms with Crippen molar-refractivity contribution >= 4 is 27.5 Å². The van der Waals surface area contributed by atoms with Crippen LogP contribution in [0.5, 0.6) is 0 Å². The minimum Gasteiger partial charge on any atom is -0.383 e. The number of amides is 1. The van der Waals surface area contributed by atoms with E-state index < -0.39 is 0 Å². The van der Waals surface area contributed by atoms with Crippen LogP contribution in [0.1, 0.15) is 38.5 Å². The molecule has 4 fully saturated rings. The highest BCUT2D eigenvalue weighted by Crippen LogP contribution is 2.60. The second-order valence-corrected chi connectivity index (χ2v) is 9.77. The molecule has 2 aromatic rings. The topological polar surface area (TPSA) is 43.6 Å². The monoisotopic (exact) mass is 388 g/mol. The summed E-state index contributed by atoms with van der Waals surface area (Å²) in [6, 6.07) is 4.76. The number of benzene rings is 1. The molecule has 1 amide bonds. The van der Waals surface area contributed by atoms with Crippen LogP contribution in [0.2, 0.25) is 0 Å². The van der Waals surface area contributed by atoms with Crippen molar-refractivity contribution in [2.75, 3.05) is 13.7 Å². The second-order valence-electron chi connectivity index (χ2n) is 8.76. The minimum atomic E-state index is -0.262. The van der Waals surface area contributed by atoms with Gasteiger partial charge < -0.3 is 9.30 Å². The number of fused-ring (bicyclic) bond motifs is 1. The molecule has 4 aliphatic carbocycles. The average Bonchev–Trinajstić information content (AvgIpc) is 2.94. The molecule has 4 saturated carbocycles. The van der Waals surface area contributed by atoms with Gasteiger partial charge in [0.2, 0.25) is 0 Å². The number of thiazole rings is 1. The molecule has 0 spiro atoms. The molecule has 0 atom stereocenters. The fraction of sp³-hybridized carbons (Fsp3) is 0.619. The zero-order valence-electron chi connectivity index (χ0n) is 15.6. The first-order valence-corrected chi connectivity index (χ1v) is 10.7. The Bertz CT molecular complexity index is 925. The van der Waals surface area contributed by atoms with E-state index in [9.17, 15) is 9.18 Å². The maximum Gasteiger partial charge on any atom is 0.254 e. The highest BCUT2D eigenvalue weighted by molar-refractivity contribution is 7.16. The molecule has 6 rings (SSSR count). The first-order chi connectivity index (χ1) is 13.1. The summed E-state index contributed by atoms with van der Waals surface area (Å²) in [6.45, 7) is 1.14. The number of methoxy groups -OCH3 is 1.